The van der Waals surface area contributed by atoms with E-state index in [2.05, 4.69) is 11.8 Å². The number of nitrogens with zero attached hydrogens (tertiary/aromatic N) is 1. The first-order chi connectivity index (χ1) is 10.6. The van der Waals surface area contributed by atoms with Gasteiger partial charge in [-0.05, 0) is 42.9 Å². The minimum Gasteiger partial charge on any atom is -0.494 e. The second kappa shape index (κ2) is 6.17. The molecule has 1 saturated carbocycles. The Kier molecular flexibility index (Phi) is 4.42. The van der Waals surface area contributed by atoms with Crippen molar-refractivity contribution >= 4 is 0 Å². The summed E-state index contributed by atoms with van der Waals surface area (Å²) < 4.78 is 18.6. The molecule has 1 aromatic rings. The SMILES string of the molecule is CC[C@@]1(O)CCC[C@@H]2CN(Cc3ccc(F)c(OC)c3)C[C@@H]21. The van der Waals surface area contributed by atoms with Crippen LogP contribution in [0.3, 0.4) is 0 Å². The highest BCUT2D eigenvalue weighted by atomic mass is 19.1. The summed E-state index contributed by atoms with van der Waals surface area (Å²) in [5.74, 6) is 0.968. The molecular weight excluding hydrogens is 281 g/mol. The minimum atomic E-state index is -0.488. The van der Waals surface area contributed by atoms with E-state index in [0.29, 0.717) is 17.6 Å². The standard InChI is InChI=1S/C18H26FNO2/c1-3-18(21)8-4-5-14-11-20(12-15(14)18)10-13-6-7-16(19)17(9-13)22-2/h6-7,9,14-15,21H,3-5,8,10-12H2,1-2H3/t14-,15+,18-/m1/s1. The fourth-order valence-electron chi connectivity index (χ4n) is 4.35. The van der Waals surface area contributed by atoms with E-state index in [1.165, 1.54) is 19.6 Å². The van der Waals surface area contributed by atoms with Crippen molar-refractivity contribution in [2.75, 3.05) is 20.2 Å². The van der Waals surface area contributed by atoms with Gasteiger partial charge in [-0.1, -0.05) is 19.4 Å². The highest BCUT2D eigenvalue weighted by molar-refractivity contribution is 5.30. The zero-order valence-corrected chi connectivity index (χ0v) is 13.5. The van der Waals surface area contributed by atoms with Gasteiger partial charge in [-0.25, -0.2) is 4.39 Å². The molecule has 2 fully saturated rings. The molecule has 1 aromatic carbocycles. The van der Waals surface area contributed by atoms with Crippen molar-refractivity contribution in [2.45, 2.75) is 44.8 Å². The molecule has 122 valence electrons. The van der Waals surface area contributed by atoms with Crippen LogP contribution in [-0.2, 0) is 6.54 Å². The Bertz CT molecular complexity index is 536. The lowest BCUT2D eigenvalue weighted by Crippen LogP contribution is -2.44. The average Bonchev–Trinajstić information content (AvgIpc) is 2.93. The second-order valence-corrected chi connectivity index (χ2v) is 6.88. The molecule has 0 amide bonds. The molecule has 3 nitrogen and oxygen atoms in total. The van der Waals surface area contributed by atoms with Crippen LogP contribution >= 0.6 is 0 Å². The maximum atomic E-state index is 13.5. The molecular formula is C18H26FNO2. The van der Waals surface area contributed by atoms with Gasteiger partial charge in [0.2, 0.25) is 0 Å². The molecule has 0 radical (unpaired) electrons. The molecule has 0 spiro atoms. The molecule has 1 aliphatic carbocycles. The molecule has 1 heterocycles. The fraction of sp³-hybridized carbons (Fsp3) is 0.667. The van der Waals surface area contributed by atoms with Gasteiger partial charge in [0.15, 0.2) is 11.6 Å². The van der Waals surface area contributed by atoms with Crippen LogP contribution in [0.5, 0.6) is 5.75 Å². The van der Waals surface area contributed by atoms with Gasteiger partial charge in [0.25, 0.3) is 0 Å². The monoisotopic (exact) mass is 307 g/mol. The highest BCUT2D eigenvalue weighted by Crippen LogP contribution is 2.44. The minimum absolute atomic E-state index is 0.305. The van der Waals surface area contributed by atoms with Gasteiger partial charge in [-0.2, -0.15) is 0 Å². The summed E-state index contributed by atoms with van der Waals surface area (Å²) >= 11 is 0. The molecule has 4 heteroatoms. The lowest BCUT2D eigenvalue weighted by Gasteiger charge is -2.40. The number of benzene rings is 1. The fourth-order valence-corrected chi connectivity index (χ4v) is 4.35. The first kappa shape index (κ1) is 15.8. The summed E-state index contributed by atoms with van der Waals surface area (Å²) in [6.45, 7) is 4.86. The van der Waals surface area contributed by atoms with E-state index in [9.17, 15) is 9.50 Å². The maximum Gasteiger partial charge on any atom is 0.165 e. The third kappa shape index (κ3) is 2.86. The first-order valence-electron chi connectivity index (χ1n) is 8.33. The predicted octanol–water partition coefficient (Wildman–Crippen LogP) is 3.21. The van der Waals surface area contributed by atoms with E-state index >= 15 is 0 Å². The van der Waals surface area contributed by atoms with Crippen LogP contribution in [0.15, 0.2) is 18.2 Å². The lowest BCUT2D eigenvalue weighted by molar-refractivity contribution is -0.0613. The number of aliphatic hydroxyl groups is 1. The van der Waals surface area contributed by atoms with Gasteiger partial charge in [-0.3, -0.25) is 4.90 Å². The topological polar surface area (TPSA) is 32.7 Å². The van der Waals surface area contributed by atoms with Crippen molar-refractivity contribution in [3.8, 4) is 5.75 Å². The van der Waals surface area contributed by atoms with Crippen molar-refractivity contribution in [2.24, 2.45) is 11.8 Å². The summed E-state index contributed by atoms with van der Waals surface area (Å²) in [7, 11) is 1.49. The normalized spacial score (nSPS) is 32.0. The molecule has 3 rings (SSSR count). The molecule has 1 aliphatic heterocycles. The molecule has 22 heavy (non-hydrogen) atoms. The Morgan fingerprint density at radius 2 is 2.23 bits per heavy atom. The highest BCUT2D eigenvalue weighted by Gasteiger charge is 2.47. The van der Waals surface area contributed by atoms with Gasteiger partial charge >= 0.3 is 0 Å². The summed E-state index contributed by atoms with van der Waals surface area (Å²) in [5.41, 5.74) is 0.579. The average molecular weight is 307 g/mol. The Balaban J connectivity index is 1.70. The molecule has 0 bridgehead atoms. The summed E-state index contributed by atoms with van der Waals surface area (Å²) in [4.78, 5) is 2.40. The smallest absolute Gasteiger partial charge is 0.165 e. The Labute approximate surface area is 132 Å². The number of halogens is 1. The van der Waals surface area contributed by atoms with E-state index in [1.54, 1.807) is 6.07 Å². The number of hydrogen-bond acceptors (Lipinski definition) is 3. The van der Waals surface area contributed by atoms with E-state index in [-0.39, 0.29) is 5.82 Å². The number of methoxy groups -OCH3 is 1. The van der Waals surface area contributed by atoms with Crippen LogP contribution in [0.25, 0.3) is 0 Å². The Hall–Kier alpha value is -1.13. The van der Waals surface area contributed by atoms with Crippen molar-refractivity contribution in [3.63, 3.8) is 0 Å². The number of hydrogen-bond donors (Lipinski definition) is 1. The number of fused-ring (bicyclic) bond motifs is 1. The van der Waals surface area contributed by atoms with Gasteiger partial charge in [-0.15, -0.1) is 0 Å². The second-order valence-electron chi connectivity index (χ2n) is 6.88. The van der Waals surface area contributed by atoms with Crippen LogP contribution in [0.1, 0.15) is 38.2 Å². The van der Waals surface area contributed by atoms with Gasteiger partial charge in [0.05, 0.1) is 12.7 Å². The van der Waals surface area contributed by atoms with Crippen LogP contribution in [-0.4, -0.2) is 35.8 Å². The number of rotatable bonds is 4. The van der Waals surface area contributed by atoms with E-state index in [0.717, 1.165) is 44.5 Å². The molecule has 1 N–H and O–H groups in total. The zero-order chi connectivity index (χ0) is 15.7. The first-order valence-corrected chi connectivity index (χ1v) is 8.33. The maximum absolute atomic E-state index is 13.5. The van der Waals surface area contributed by atoms with Gasteiger partial charge in [0, 0.05) is 25.6 Å². The molecule has 0 aromatic heterocycles. The molecule has 0 unspecified atom stereocenters. The van der Waals surface area contributed by atoms with Crippen LogP contribution in [0.2, 0.25) is 0 Å². The van der Waals surface area contributed by atoms with Gasteiger partial charge in [0.1, 0.15) is 0 Å². The third-order valence-corrected chi connectivity index (χ3v) is 5.63. The molecule has 1 saturated heterocycles. The quantitative estimate of drug-likeness (QED) is 0.927. The van der Waals surface area contributed by atoms with Crippen LogP contribution < -0.4 is 4.74 Å². The Morgan fingerprint density at radius 3 is 2.95 bits per heavy atom. The van der Waals surface area contributed by atoms with Gasteiger partial charge < -0.3 is 9.84 Å². The van der Waals surface area contributed by atoms with Crippen molar-refractivity contribution in [3.05, 3.63) is 29.6 Å². The number of likely N-dealkylation sites (tertiary alicyclic amines) is 1. The summed E-state index contributed by atoms with van der Waals surface area (Å²) in [6, 6.07) is 5.08. The molecule has 3 atom stereocenters. The predicted molar refractivity (Wildman–Crippen MR) is 84.3 cm³/mol. The summed E-state index contributed by atoms with van der Waals surface area (Å²) in [5, 5.41) is 10.9. The largest absolute Gasteiger partial charge is 0.494 e. The van der Waals surface area contributed by atoms with E-state index in [4.69, 9.17) is 4.74 Å². The van der Waals surface area contributed by atoms with Crippen molar-refractivity contribution in [1.29, 1.82) is 0 Å². The number of ether oxygens (including phenoxy) is 1. The van der Waals surface area contributed by atoms with E-state index < -0.39 is 5.60 Å². The lowest BCUT2D eigenvalue weighted by atomic mass is 9.69. The van der Waals surface area contributed by atoms with E-state index in [1.807, 2.05) is 6.07 Å². The summed E-state index contributed by atoms with van der Waals surface area (Å²) in [6.07, 6.45) is 4.12. The Morgan fingerprint density at radius 1 is 1.41 bits per heavy atom. The van der Waals surface area contributed by atoms with Crippen molar-refractivity contribution < 1.29 is 14.2 Å². The zero-order valence-electron chi connectivity index (χ0n) is 13.5. The van der Waals surface area contributed by atoms with Crippen LogP contribution in [0.4, 0.5) is 4.39 Å². The third-order valence-electron chi connectivity index (χ3n) is 5.63. The molecule has 2 aliphatic rings. The van der Waals surface area contributed by atoms with Crippen LogP contribution in [0, 0.1) is 17.7 Å². The van der Waals surface area contributed by atoms with Crippen molar-refractivity contribution in [1.82, 2.24) is 4.90 Å².